The summed E-state index contributed by atoms with van der Waals surface area (Å²) in [5.41, 5.74) is 0.664. The Balaban J connectivity index is 3.07. The Morgan fingerprint density at radius 1 is 1.62 bits per heavy atom. The Hall–Kier alpha value is -1.03. The van der Waals surface area contributed by atoms with E-state index >= 15 is 0 Å². The summed E-state index contributed by atoms with van der Waals surface area (Å²) in [6, 6.07) is 5.33. The van der Waals surface area contributed by atoms with Gasteiger partial charge in [-0.2, -0.15) is 0 Å². The molecule has 0 fully saturated rings. The summed E-state index contributed by atoms with van der Waals surface area (Å²) in [4.78, 5) is 10.5. The van der Waals surface area contributed by atoms with E-state index in [9.17, 15) is 4.79 Å². The van der Waals surface area contributed by atoms with Gasteiger partial charge in [-0.15, -0.1) is 0 Å². The third-order valence-electron chi connectivity index (χ3n) is 1.62. The molecule has 0 radical (unpaired) electrons. The number of hydrogen-bond acceptors (Lipinski definition) is 2. The van der Waals surface area contributed by atoms with Gasteiger partial charge >= 0.3 is 5.97 Å². The van der Waals surface area contributed by atoms with Crippen molar-refractivity contribution < 1.29 is 14.6 Å². The van der Waals surface area contributed by atoms with E-state index in [-0.39, 0.29) is 6.42 Å². The number of methoxy groups -OCH3 is 1. The van der Waals surface area contributed by atoms with Crippen molar-refractivity contribution in [1.82, 2.24) is 0 Å². The predicted octanol–water partition coefficient (Wildman–Crippen LogP) is 2.08. The van der Waals surface area contributed by atoms with Gasteiger partial charge in [-0.05, 0) is 12.1 Å². The van der Waals surface area contributed by atoms with E-state index in [1.165, 1.54) is 7.11 Å². The molecule has 13 heavy (non-hydrogen) atoms. The van der Waals surface area contributed by atoms with E-state index in [4.69, 9.17) is 9.84 Å². The van der Waals surface area contributed by atoms with Crippen molar-refractivity contribution in [1.29, 1.82) is 0 Å². The summed E-state index contributed by atoms with van der Waals surface area (Å²) in [6.45, 7) is 0. The molecule has 0 atom stereocenters. The third-order valence-corrected chi connectivity index (χ3v) is 2.37. The Labute approximate surface area is 84.5 Å². The van der Waals surface area contributed by atoms with Gasteiger partial charge in [0.2, 0.25) is 0 Å². The highest BCUT2D eigenvalue weighted by molar-refractivity contribution is 9.10. The Morgan fingerprint density at radius 3 is 2.85 bits per heavy atom. The van der Waals surface area contributed by atoms with E-state index < -0.39 is 5.97 Å². The molecule has 0 saturated heterocycles. The quantitative estimate of drug-likeness (QED) is 0.886. The normalized spacial score (nSPS) is 9.69. The van der Waals surface area contributed by atoms with E-state index in [2.05, 4.69) is 15.9 Å². The molecule has 4 heteroatoms. The molecule has 0 bridgehead atoms. The highest BCUT2D eigenvalue weighted by Gasteiger charge is 2.10. The molecule has 0 saturated carbocycles. The zero-order chi connectivity index (χ0) is 9.84. The molecule has 1 aromatic rings. The van der Waals surface area contributed by atoms with Crippen molar-refractivity contribution in [2.45, 2.75) is 6.42 Å². The molecule has 70 valence electrons. The van der Waals surface area contributed by atoms with Gasteiger partial charge in [-0.3, -0.25) is 4.79 Å². The van der Waals surface area contributed by atoms with Crippen LogP contribution in [0.3, 0.4) is 0 Å². The highest BCUT2D eigenvalue weighted by atomic mass is 79.9. The summed E-state index contributed by atoms with van der Waals surface area (Å²) in [6.07, 6.45) is -0.0371. The fourth-order valence-electron chi connectivity index (χ4n) is 1.05. The molecule has 0 amide bonds. The number of benzene rings is 1. The van der Waals surface area contributed by atoms with Crippen molar-refractivity contribution in [2.75, 3.05) is 7.11 Å². The zero-order valence-corrected chi connectivity index (χ0v) is 8.67. The standard InChI is InChI=1S/C9H9BrO3/c1-13-8-4-2-3-7(10)6(8)5-9(11)12/h2-4H,5H2,1H3,(H,11,12). The zero-order valence-electron chi connectivity index (χ0n) is 7.08. The van der Waals surface area contributed by atoms with Crippen LogP contribution in [0.1, 0.15) is 5.56 Å². The minimum atomic E-state index is -0.870. The van der Waals surface area contributed by atoms with Gasteiger partial charge in [0.1, 0.15) is 5.75 Å². The fraction of sp³-hybridized carbons (Fsp3) is 0.222. The maximum Gasteiger partial charge on any atom is 0.308 e. The van der Waals surface area contributed by atoms with Crippen molar-refractivity contribution in [3.05, 3.63) is 28.2 Å². The van der Waals surface area contributed by atoms with Gasteiger partial charge in [0.25, 0.3) is 0 Å². The molecular weight excluding hydrogens is 236 g/mol. The van der Waals surface area contributed by atoms with E-state index in [0.717, 1.165) is 4.47 Å². The topological polar surface area (TPSA) is 46.5 Å². The van der Waals surface area contributed by atoms with Gasteiger partial charge in [-0.1, -0.05) is 22.0 Å². The van der Waals surface area contributed by atoms with Crippen LogP contribution in [0, 0.1) is 0 Å². The van der Waals surface area contributed by atoms with Gasteiger partial charge < -0.3 is 9.84 Å². The summed E-state index contributed by atoms with van der Waals surface area (Å²) in [5, 5.41) is 8.63. The van der Waals surface area contributed by atoms with E-state index in [0.29, 0.717) is 11.3 Å². The highest BCUT2D eigenvalue weighted by Crippen LogP contribution is 2.26. The Kier molecular flexibility index (Phi) is 3.31. The number of hydrogen-bond donors (Lipinski definition) is 1. The molecule has 1 rings (SSSR count). The smallest absolute Gasteiger partial charge is 0.308 e. The van der Waals surface area contributed by atoms with E-state index in [1.807, 2.05) is 0 Å². The third kappa shape index (κ3) is 2.45. The molecule has 0 aliphatic rings. The maximum absolute atomic E-state index is 10.5. The number of carboxylic acid groups (broad SMARTS) is 1. The number of rotatable bonds is 3. The van der Waals surface area contributed by atoms with Crippen molar-refractivity contribution in [3.8, 4) is 5.75 Å². The first-order valence-electron chi connectivity index (χ1n) is 3.68. The first-order chi connectivity index (χ1) is 6.15. The molecule has 0 aliphatic heterocycles. The minimum absolute atomic E-state index is 0.0371. The molecule has 0 aliphatic carbocycles. The maximum atomic E-state index is 10.5. The van der Waals surface area contributed by atoms with Crippen LogP contribution in [0.2, 0.25) is 0 Å². The summed E-state index contributed by atoms with van der Waals surface area (Å²) >= 11 is 3.27. The summed E-state index contributed by atoms with van der Waals surface area (Å²) in [7, 11) is 1.52. The van der Waals surface area contributed by atoms with Crippen LogP contribution in [0.5, 0.6) is 5.75 Å². The van der Waals surface area contributed by atoms with Crippen LogP contribution < -0.4 is 4.74 Å². The van der Waals surface area contributed by atoms with Gasteiger partial charge in [0.15, 0.2) is 0 Å². The number of ether oxygens (including phenoxy) is 1. The van der Waals surface area contributed by atoms with Crippen LogP contribution >= 0.6 is 15.9 Å². The fourth-order valence-corrected chi connectivity index (χ4v) is 1.54. The second-order valence-corrected chi connectivity index (χ2v) is 3.35. The molecule has 0 heterocycles. The predicted molar refractivity (Wildman–Crippen MR) is 52.0 cm³/mol. The monoisotopic (exact) mass is 244 g/mol. The Bertz CT molecular complexity index is 323. The second kappa shape index (κ2) is 4.28. The van der Waals surface area contributed by atoms with Crippen LogP contribution in [-0.4, -0.2) is 18.2 Å². The second-order valence-electron chi connectivity index (χ2n) is 2.49. The summed E-state index contributed by atoms with van der Waals surface area (Å²) < 4.78 is 5.79. The first-order valence-corrected chi connectivity index (χ1v) is 4.47. The lowest BCUT2D eigenvalue weighted by Crippen LogP contribution is -2.03. The average molecular weight is 245 g/mol. The lowest BCUT2D eigenvalue weighted by atomic mass is 10.1. The molecule has 0 aromatic heterocycles. The Morgan fingerprint density at radius 2 is 2.31 bits per heavy atom. The van der Waals surface area contributed by atoms with Gasteiger partial charge in [0, 0.05) is 10.0 Å². The van der Waals surface area contributed by atoms with Crippen molar-refractivity contribution >= 4 is 21.9 Å². The summed E-state index contributed by atoms with van der Waals surface area (Å²) in [5.74, 6) is -0.276. The SMILES string of the molecule is COc1cccc(Br)c1CC(=O)O. The first kappa shape index (κ1) is 10.1. The lowest BCUT2D eigenvalue weighted by Gasteiger charge is -2.07. The minimum Gasteiger partial charge on any atom is -0.496 e. The number of carboxylic acids is 1. The van der Waals surface area contributed by atoms with Gasteiger partial charge in [-0.25, -0.2) is 0 Å². The molecule has 3 nitrogen and oxygen atoms in total. The van der Waals surface area contributed by atoms with Crippen LogP contribution in [0.15, 0.2) is 22.7 Å². The average Bonchev–Trinajstić information content (AvgIpc) is 2.08. The van der Waals surface area contributed by atoms with Gasteiger partial charge in [0.05, 0.1) is 13.5 Å². The van der Waals surface area contributed by atoms with Crippen molar-refractivity contribution in [2.24, 2.45) is 0 Å². The van der Waals surface area contributed by atoms with Crippen LogP contribution in [0.4, 0.5) is 0 Å². The molecular formula is C9H9BrO3. The number of halogens is 1. The van der Waals surface area contributed by atoms with Crippen LogP contribution in [-0.2, 0) is 11.2 Å². The van der Waals surface area contributed by atoms with E-state index in [1.54, 1.807) is 18.2 Å². The molecule has 0 unspecified atom stereocenters. The lowest BCUT2D eigenvalue weighted by molar-refractivity contribution is -0.136. The molecule has 1 aromatic carbocycles. The number of aliphatic carboxylic acids is 1. The molecule has 0 spiro atoms. The van der Waals surface area contributed by atoms with Crippen LogP contribution in [0.25, 0.3) is 0 Å². The van der Waals surface area contributed by atoms with Crippen molar-refractivity contribution in [3.63, 3.8) is 0 Å². The number of carbonyl (C=O) groups is 1. The largest absolute Gasteiger partial charge is 0.496 e. The molecule has 1 N–H and O–H groups in total.